The Hall–Kier alpha value is -3.18. The van der Waals surface area contributed by atoms with E-state index in [4.69, 9.17) is 14.2 Å². The van der Waals surface area contributed by atoms with Crippen LogP contribution in [0.25, 0.3) is 11.1 Å². The minimum atomic E-state index is -0.264. The Kier molecular flexibility index (Phi) is 9.34. The molecule has 1 aliphatic carbocycles. The van der Waals surface area contributed by atoms with Crippen LogP contribution in [0.2, 0.25) is 0 Å². The van der Waals surface area contributed by atoms with E-state index in [2.05, 4.69) is 25.1 Å². The van der Waals surface area contributed by atoms with Gasteiger partial charge in [-0.25, -0.2) is 4.39 Å². The monoisotopic (exact) mass is 504 g/mol. The van der Waals surface area contributed by atoms with Gasteiger partial charge in [0.15, 0.2) is 0 Å². The fraction of sp³-hybridized carbons (Fsp3) is 0.406. The molecule has 37 heavy (non-hydrogen) atoms. The Bertz CT molecular complexity index is 1200. The molecule has 1 fully saturated rings. The van der Waals surface area contributed by atoms with Gasteiger partial charge in [-0.15, -0.1) is 0 Å². The van der Waals surface area contributed by atoms with E-state index in [9.17, 15) is 9.18 Å². The minimum absolute atomic E-state index is 0.123. The summed E-state index contributed by atoms with van der Waals surface area (Å²) in [5.74, 6) is 1.59. The quantitative estimate of drug-likeness (QED) is 0.269. The number of carbonyl (C=O) groups is 1. The molecule has 0 aromatic heterocycles. The molecule has 0 unspecified atom stereocenters. The minimum Gasteiger partial charge on any atom is -0.496 e. The van der Waals surface area contributed by atoms with Crippen LogP contribution in [0.1, 0.15) is 62.1 Å². The van der Waals surface area contributed by atoms with E-state index in [1.807, 2.05) is 24.3 Å². The fourth-order valence-corrected chi connectivity index (χ4v) is 4.99. The van der Waals surface area contributed by atoms with Gasteiger partial charge in [0, 0.05) is 12.0 Å². The molecular formula is C32H37FO4. The molecule has 0 atom stereocenters. The second kappa shape index (κ2) is 12.9. The van der Waals surface area contributed by atoms with E-state index in [1.54, 1.807) is 26.2 Å². The maximum atomic E-state index is 14.0. The summed E-state index contributed by atoms with van der Waals surface area (Å²) in [6.07, 6.45) is 6.14. The van der Waals surface area contributed by atoms with E-state index in [0.29, 0.717) is 13.0 Å². The number of aryl methyl sites for hydroxylation is 2. The summed E-state index contributed by atoms with van der Waals surface area (Å²) in [6.45, 7) is 4.21. The van der Waals surface area contributed by atoms with E-state index >= 15 is 0 Å². The average Bonchev–Trinajstić information content (AvgIpc) is 2.89. The Morgan fingerprint density at radius 2 is 1.70 bits per heavy atom. The van der Waals surface area contributed by atoms with E-state index < -0.39 is 0 Å². The van der Waals surface area contributed by atoms with Crippen LogP contribution in [-0.2, 0) is 22.6 Å². The van der Waals surface area contributed by atoms with E-state index in [-0.39, 0.29) is 23.8 Å². The van der Waals surface area contributed by atoms with Gasteiger partial charge in [-0.05, 0) is 105 Å². The first-order valence-electron chi connectivity index (χ1n) is 13.2. The number of ether oxygens (including phenoxy) is 3. The first-order valence-corrected chi connectivity index (χ1v) is 13.2. The topological polar surface area (TPSA) is 44.8 Å². The number of halogens is 1. The lowest BCUT2D eigenvalue weighted by Crippen LogP contribution is -2.28. The van der Waals surface area contributed by atoms with Crippen molar-refractivity contribution >= 4 is 5.78 Å². The lowest BCUT2D eigenvalue weighted by atomic mass is 9.94. The molecule has 4 nitrogen and oxygen atoms in total. The van der Waals surface area contributed by atoms with E-state index in [1.165, 1.54) is 11.6 Å². The molecule has 0 spiro atoms. The number of benzene rings is 3. The third-order valence-electron chi connectivity index (χ3n) is 7.03. The zero-order chi connectivity index (χ0) is 26.2. The average molecular weight is 505 g/mol. The normalized spacial score (nSPS) is 17.4. The fourth-order valence-electron chi connectivity index (χ4n) is 4.99. The van der Waals surface area contributed by atoms with Crippen LogP contribution in [0.15, 0.2) is 60.7 Å². The highest BCUT2D eigenvalue weighted by atomic mass is 19.1. The zero-order valence-electron chi connectivity index (χ0n) is 22.1. The van der Waals surface area contributed by atoms with Crippen molar-refractivity contribution in [3.8, 4) is 22.6 Å². The van der Waals surface area contributed by atoms with Gasteiger partial charge in [0.2, 0.25) is 0 Å². The summed E-state index contributed by atoms with van der Waals surface area (Å²) < 4.78 is 32.1. The van der Waals surface area contributed by atoms with Crippen LogP contribution in [0.5, 0.6) is 11.5 Å². The zero-order valence-corrected chi connectivity index (χ0v) is 22.1. The maximum absolute atomic E-state index is 14.0. The van der Waals surface area contributed by atoms with Crippen LogP contribution >= 0.6 is 0 Å². The number of ketones is 1. The molecule has 1 aliphatic rings. The predicted octanol–water partition coefficient (Wildman–Crippen LogP) is 7.63. The molecule has 0 radical (unpaired) electrons. The molecule has 1 saturated carbocycles. The van der Waals surface area contributed by atoms with Gasteiger partial charge >= 0.3 is 0 Å². The predicted molar refractivity (Wildman–Crippen MR) is 145 cm³/mol. The number of hydrogen-bond acceptors (Lipinski definition) is 4. The lowest BCUT2D eigenvalue weighted by molar-refractivity contribution is -0.117. The number of rotatable bonds is 11. The van der Waals surface area contributed by atoms with Gasteiger partial charge in [-0.3, -0.25) is 0 Å². The summed E-state index contributed by atoms with van der Waals surface area (Å²) in [5, 5.41) is 0. The molecule has 3 aromatic rings. The van der Waals surface area contributed by atoms with E-state index in [0.717, 1.165) is 72.3 Å². The second-order valence-electron chi connectivity index (χ2n) is 10.0. The molecule has 5 heteroatoms. The van der Waals surface area contributed by atoms with Crippen molar-refractivity contribution in [3.63, 3.8) is 0 Å². The summed E-state index contributed by atoms with van der Waals surface area (Å²) in [5.41, 5.74) is 5.13. The van der Waals surface area contributed by atoms with Crippen LogP contribution in [0.3, 0.4) is 0 Å². The first kappa shape index (κ1) is 26.9. The standard InChI is InChI=1S/C32H37FO4/c1-22-10-11-26(32(18-22)35-3)21-36-28-14-16-29(17-15-28)37-30-13-12-24(7-4-6-23(2)34)31(20-30)25-8-5-9-27(33)19-25/h5,8-13,18-20,28-29H,4,6-7,14-17,21H2,1-3H3. The third-order valence-corrected chi connectivity index (χ3v) is 7.03. The van der Waals surface area contributed by atoms with Crippen molar-refractivity contribution < 1.29 is 23.4 Å². The molecule has 0 amide bonds. The van der Waals surface area contributed by atoms with Crippen molar-refractivity contribution in [3.05, 3.63) is 83.2 Å². The van der Waals surface area contributed by atoms with Crippen LogP contribution in [-0.4, -0.2) is 25.1 Å². The molecule has 0 heterocycles. The Morgan fingerprint density at radius 1 is 0.946 bits per heavy atom. The van der Waals surface area contributed by atoms with Crippen LogP contribution < -0.4 is 9.47 Å². The molecular weight excluding hydrogens is 467 g/mol. The molecule has 0 N–H and O–H groups in total. The van der Waals surface area contributed by atoms with Crippen LogP contribution in [0.4, 0.5) is 4.39 Å². The van der Waals surface area contributed by atoms with Gasteiger partial charge < -0.3 is 19.0 Å². The second-order valence-corrected chi connectivity index (χ2v) is 10.0. The molecule has 0 bridgehead atoms. The SMILES string of the molecule is COc1cc(C)ccc1COC1CCC(Oc2ccc(CCCC(C)=O)c(-c3cccc(F)c3)c2)CC1. The van der Waals surface area contributed by atoms with Crippen molar-refractivity contribution in [1.29, 1.82) is 0 Å². The van der Waals surface area contributed by atoms with Gasteiger partial charge in [0.05, 0.1) is 25.9 Å². The van der Waals surface area contributed by atoms with Gasteiger partial charge in [-0.1, -0.05) is 30.3 Å². The Morgan fingerprint density at radius 3 is 2.43 bits per heavy atom. The van der Waals surface area contributed by atoms with Crippen molar-refractivity contribution in [2.75, 3.05) is 7.11 Å². The summed E-state index contributed by atoms with van der Waals surface area (Å²) in [4.78, 5) is 11.4. The largest absolute Gasteiger partial charge is 0.496 e. The summed E-state index contributed by atoms with van der Waals surface area (Å²) >= 11 is 0. The van der Waals surface area contributed by atoms with Gasteiger partial charge in [-0.2, -0.15) is 0 Å². The third kappa shape index (κ3) is 7.65. The molecule has 196 valence electrons. The number of Topliss-reactive ketones (excluding diaryl/α,β-unsaturated/α-hetero) is 1. The molecule has 3 aromatic carbocycles. The molecule has 4 rings (SSSR count). The van der Waals surface area contributed by atoms with Crippen LogP contribution in [0, 0.1) is 12.7 Å². The number of carbonyl (C=O) groups excluding carboxylic acids is 1. The van der Waals surface area contributed by atoms with Gasteiger partial charge in [0.1, 0.15) is 23.1 Å². The smallest absolute Gasteiger partial charge is 0.129 e. The highest BCUT2D eigenvalue weighted by Gasteiger charge is 2.24. The molecule has 0 saturated heterocycles. The number of hydrogen-bond donors (Lipinski definition) is 0. The lowest BCUT2D eigenvalue weighted by Gasteiger charge is -2.29. The van der Waals surface area contributed by atoms with Crippen molar-refractivity contribution in [2.45, 2.75) is 77.6 Å². The summed E-state index contributed by atoms with van der Waals surface area (Å²) in [7, 11) is 1.69. The van der Waals surface area contributed by atoms with Crippen molar-refractivity contribution in [1.82, 2.24) is 0 Å². The summed E-state index contributed by atoms with van der Waals surface area (Å²) in [6, 6.07) is 18.9. The maximum Gasteiger partial charge on any atom is 0.129 e. The Labute approximate surface area is 219 Å². The first-order chi connectivity index (χ1) is 17.9. The highest BCUT2D eigenvalue weighted by Crippen LogP contribution is 2.33. The molecule has 0 aliphatic heterocycles. The number of methoxy groups -OCH3 is 1. The highest BCUT2D eigenvalue weighted by molar-refractivity contribution is 5.75. The van der Waals surface area contributed by atoms with Crippen molar-refractivity contribution in [2.24, 2.45) is 0 Å². The van der Waals surface area contributed by atoms with Gasteiger partial charge in [0.25, 0.3) is 0 Å². The Balaban J connectivity index is 1.36.